The predicted molar refractivity (Wildman–Crippen MR) is 93.6 cm³/mol. The maximum Gasteiger partial charge on any atom is 0.227 e. The molecule has 0 unspecified atom stereocenters. The maximum atomic E-state index is 5.39. The Labute approximate surface area is 137 Å². The van der Waals surface area contributed by atoms with Crippen LogP contribution < -0.4 is 10.2 Å². The number of benzene rings is 1. The van der Waals surface area contributed by atoms with E-state index in [0.29, 0.717) is 5.92 Å². The number of aryl methyl sites for hydroxylation is 1. The Bertz CT molecular complexity index is 666. The first kappa shape index (κ1) is 15.7. The third-order valence-electron chi connectivity index (χ3n) is 4.12. The zero-order valence-corrected chi connectivity index (χ0v) is 14.0. The second kappa shape index (κ2) is 6.96. The summed E-state index contributed by atoms with van der Waals surface area (Å²) in [5.74, 6) is 2.05. The Morgan fingerprint density at radius 2 is 1.96 bits per heavy atom. The lowest BCUT2D eigenvalue weighted by molar-refractivity contribution is 0.122. The summed E-state index contributed by atoms with van der Waals surface area (Å²) in [6.07, 6.45) is 1.81. The van der Waals surface area contributed by atoms with E-state index in [4.69, 9.17) is 4.74 Å². The van der Waals surface area contributed by atoms with Crippen molar-refractivity contribution in [3.63, 3.8) is 0 Å². The molecule has 23 heavy (non-hydrogen) atoms. The van der Waals surface area contributed by atoms with E-state index in [2.05, 4.69) is 59.2 Å². The second-order valence-corrected chi connectivity index (χ2v) is 6.16. The van der Waals surface area contributed by atoms with E-state index >= 15 is 0 Å². The standard InChI is InChI=1S/C18H24N4O/c1-13(2)15-6-4-5-14(3)17(15)20-16-7-8-19-18(21-16)22-9-11-23-12-10-22/h4-8,13H,9-12H2,1-3H3,(H,19,20,21). The van der Waals surface area contributed by atoms with Crippen LogP contribution in [0.15, 0.2) is 30.5 Å². The van der Waals surface area contributed by atoms with Gasteiger partial charge in [-0.15, -0.1) is 0 Å². The quantitative estimate of drug-likeness (QED) is 0.936. The topological polar surface area (TPSA) is 50.3 Å². The van der Waals surface area contributed by atoms with Crippen LogP contribution in [0.25, 0.3) is 0 Å². The molecule has 0 aliphatic carbocycles. The van der Waals surface area contributed by atoms with Crippen LogP contribution in [0.4, 0.5) is 17.5 Å². The molecule has 1 N–H and O–H groups in total. The zero-order chi connectivity index (χ0) is 16.2. The summed E-state index contributed by atoms with van der Waals surface area (Å²) in [4.78, 5) is 11.2. The van der Waals surface area contributed by atoms with Gasteiger partial charge < -0.3 is 15.0 Å². The molecule has 0 saturated carbocycles. The van der Waals surface area contributed by atoms with Gasteiger partial charge >= 0.3 is 0 Å². The monoisotopic (exact) mass is 312 g/mol. The van der Waals surface area contributed by atoms with E-state index in [-0.39, 0.29) is 0 Å². The van der Waals surface area contributed by atoms with Crippen molar-refractivity contribution >= 4 is 17.5 Å². The van der Waals surface area contributed by atoms with Gasteiger partial charge in [-0.25, -0.2) is 4.98 Å². The number of aromatic nitrogens is 2. The Hall–Kier alpha value is -2.14. The van der Waals surface area contributed by atoms with Gasteiger partial charge in [-0.1, -0.05) is 32.0 Å². The number of ether oxygens (including phenoxy) is 1. The molecule has 3 rings (SSSR count). The van der Waals surface area contributed by atoms with Crippen LogP contribution in [0.3, 0.4) is 0 Å². The molecule has 0 amide bonds. The number of nitrogens with zero attached hydrogens (tertiary/aromatic N) is 3. The first-order valence-corrected chi connectivity index (χ1v) is 8.17. The molecule has 122 valence electrons. The summed E-state index contributed by atoms with van der Waals surface area (Å²) >= 11 is 0. The summed E-state index contributed by atoms with van der Waals surface area (Å²) in [6.45, 7) is 9.68. The number of anilines is 3. The third kappa shape index (κ3) is 3.62. The fourth-order valence-electron chi connectivity index (χ4n) is 2.80. The average Bonchev–Trinajstić information content (AvgIpc) is 2.57. The van der Waals surface area contributed by atoms with E-state index in [9.17, 15) is 0 Å². The highest BCUT2D eigenvalue weighted by molar-refractivity contribution is 5.66. The largest absolute Gasteiger partial charge is 0.378 e. The minimum Gasteiger partial charge on any atom is -0.378 e. The molecule has 2 heterocycles. The fraction of sp³-hybridized carbons (Fsp3) is 0.444. The van der Waals surface area contributed by atoms with Crippen molar-refractivity contribution in [1.82, 2.24) is 9.97 Å². The first-order valence-electron chi connectivity index (χ1n) is 8.17. The number of nitrogens with one attached hydrogen (secondary N) is 1. The van der Waals surface area contributed by atoms with Crippen LogP contribution in [0.1, 0.15) is 30.9 Å². The number of rotatable bonds is 4. The lowest BCUT2D eigenvalue weighted by Crippen LogP contribution is -2.37. The summed E-state index contributed by atoms with van der Waals surface area (Å²) in [6, 6.07) is 8.32. The van der Waals surface area contributed by atoms with E-state index < -0.39 is 0 Å². The maximum absolute atomic E-state index is 5.39. The van der Waals surface area contributed by atoms with Gasteiger partial charge in [0.2, 0.25) is 5.95 Å². The predicted octanol–water partition coefficient (Wildman–Crippen LogP) is 3.49. The molecule has 0 bridgehead atoms. The molecule has 0 radical (unpaired) electrons. The Kier molecular flexibility index (Phi) is 4.76. The summed E-state index contributed by atoms with van der Waals surface area (Å²) in [5, 5.41) is 3.49. The smallest absolute Gasteiger partial charge is 0.227 e. The van der Waals surface area contributed by atoms with Gasteiger partial charge in [0.15, 0.2) is 0 Å². The van der Waals surface area contributed by atoms with E-state index in [1.165, 1.54) is 11.1 Å². The molecule has 0 atom stereocenters. The third-order valence-corrected chi connectivity index (χ3v) is 4.12. The molecule has 1 aromatic carbocycles. The molecule has 5 nitrogen and oxygen atoms in total. The van der Waals surface area contributed by atoms with E-state index in [1.807, 2.05) is 12.3 Å². The summed E-state index contributed by atoms with van der Waals surface area (Å²) in [5.41, 5.74) is 3.67. The molecule has 1 fully saturated rings. The average molecular weight is 312 g/mol. The molecule has 2 aromatic rings. The van der Waals surface area contributed by atoms with Gasteiger partial charge in [-0.2, -0.15) is 4.98 Å². The summed E-state index contributed by atoms with van der Waals surface area (Å²) < 4.78 is 5.39. The van der Waals surface area contributed by atoms with Crippen LogP contribution in [-0.4, -0.2) is 36.3 Å². The normalized spacial score (nSPS) is 15.0. The lowest BCUT2D eigenvalue weighted by atomic mass is 9.98. The Morgan fingerprint density at radius 1 is 1.17 bits per heavy atom. The van der Waals surface area contributed by atoms with Crippen LogP contribution in [0.5, 0.6) is 0 Å². The minimum absolute atomic E-state index is 0.456. The van der Waals surface area contributed by atoms with Crippen molar-refractivity contribution in [2.24, 2.45) is 0 Å². The van der Waals surface area contributed by atoms with Crippen molar-refractivity contribution in [1.29, 1.82) is 0 Å². The van der Waals surface area contributed by atoms with Gasteiger partial charge in [-0.3, -0.25) is 0 Å². The molecule has 1 aliphatic rings. The van der Waals surface area contributed by atoms with Gasteiger partial charge in [0, 0.05) is 25.0 Å². The van der Waals surface area contributed by atoms with Crippen LogP contribution in [0, 0.1) is 6.92 Å². The minimum atomic E-state index is 0.456. The van der Waals surface area contributed by atoms with E-state index in [0.717, 1.165) is 43.8 Å². The van der Waals surface area contributed by atoms with Gasteiger partial charge in [0.1, 0.15) is 5.82 Å². The number of morpholine rings is 1. The van der Waals surface area contributed by atoms with E-state index in [1.54, 1.807) is 0 Å². The molecule has 1 aliphatic heterocycles. The van der Waals surface area contributed by atoms with Crippen molar-refractivity contribution in [3.05, 3.63) is 41.6 Å². The van der Waals surface area contributed by atoms with Crippen molar-refractivity contribution < 1.29 is 4.74 Å². The summed E-state index contributed by atoms with van der Waals surface area (Å²) in [7, 11) is 0. The van der Waals surface area contributed by atoms with Crippen molar-refractivity contribution in [2.45, 2.75) is 26.7 Å². The van der Waals surface area contributed by atoms with Crippen molar-refractivity contribution in [2.75, 3.05) is 36.5 Å². The highest BCUT2D eigenvalue weighted by atomic mass is 16.5. The van der Waals surface area contributed by atoms with Crippen LogP contribution in [-0.2, 0) is 4.74 Å². The number of para-hydroxylation sites is 1. The zero-order valence-electron chi connectivity index (χ0n) is 14.0. The molecule has 0 spiro atoms. The first-order chi connectivity index (χ1) is 11.1. The Balaban J connectivity index is 1.86. The molecular formula is C18H24N4O. The lowest BCUT2D eigenvalue weighted by Gasteiger charge is -2.27. The number of hydrogen-bond acceptors (Lipinski definition) is 5. The second-order valence-electron chi connectivity index (χ2n) is 6.16. The Morgan fingerprint density at radius 3 is 2.70 bits per heavy atom. The highest BCUT2D eigenvalue weighted by Gasteiger charge is 2.15. The number of hydrogen-bond donors (Lipinski definition) is 1. The highest BCUT2D eigenvalue weighted by Crippen LogP contribution is 2.29. The molecule has 1 aromatic heterocycles. The van der Waals surface area contributed by atoms with Gasteiger partial charge in [0.25, 0.3) is 0 Å². The van der Waals surface area contributed by atoms with Crippen molar-refractivity contribution in [3.8, 4) is 0 Å². The SMILES string of the molecule is Cc1cccc(C(C)C)c1Nc1ccnc(N2CCOCC2)n1. The van der Waals surface area contributed by atoms with Crippen LogP contribution in [0.2, 0.25) is 0 Å². The fourth-order valence-corrected chi connectivity index (χ4v) is 2.80. The van der Waals surface area contributed by atoms with Gasteiger partial charge in [-0.05, 0) is 30.0 Å². The molecule has 1 saturated heterocycles. The van der Waals surface area contributed by atoms with Gasteiger partial charge in [0.05, 0.1) is 13.2 Å². The molecular weight excluding hydrogens is 288 g/mol. The molecule has 5 heteroatoms. The van der Waals surface area contributed by atoms with Crippen LogP contribution >= 0.6 is 0 Å².